The van der Waals surface area contributed by atoms with Crippen molar-refractivity contribution in [3.05, 3.63) is 59.4 Å². The number of carbonyl (C=O) groups excluding carboxylic acids is 2. The molecule has 7 nitrogen and oxygen atoms in total. The predicted octanol–water partition coefficient (Wildman–Crippen LogP) is 4.62. The number of rotatable bonds is 5. The first-order valence-electron chi connectivity index (χ1n) is 11.0. The van der Waals surface area contributed by atoms with Gasteiger partial charge in [-0.25, -0.2) is 4.98 Å². The molecule has 0 saturated carbocycles. The summed E-state index contributed by atoms with van der Waals surface area (Å²) in [6.07, 6.45) is 0.118. The first-order chi connectivity index (χ1) is 16.1. The van der Waals surface area contributed by atoms with E-state index in [-0.39, 0.29) is 29.5 Å². The van der Waals surface area contributed by atoms with E-state index in [1.54, 1.807) is 11.1 Å². The number of carbonyl (C=O) groups is 2. The normalized spacial score (nSPS) is 15.1. The summed E-state index contributed by atoms with van der Waals surface area (Å²) in [4.78, 5) is 34.4. The zero-order valence-corrected chi connectivity index (χ0v) is 18.8. The third kappa shape index (κ3) is 5.32. The number of H-pyrrole nitrogens is 1. The van der Waals surface area contributed by atoms with Crippen molar-refractivity contribution in [1.29, 1.82) is 0 Å². The van der Waals surface area contributed by atoms with Gasteiger partial charge in [0.05, 0.1) is 5.56 Å². The first kappa shape index (κ1) is 23.6. The SMILES string of the molecule is CC(C)NC(=O)c1cnc2[nH]cc(C3CCN(C(=O)c4ccc(OC(F)(F)F)cc4)CC3)c2c1. The Morgan fingerprint density at radius 1 is 1.15 bits per heavy atom. The van der Waals surface area contributed by atoms with Gasteiger partial charge in [-0.1, -0.05) is 0 Å². The molecule has 2 N–H and O–H groups in total. The van der Waals surface area contributed by atoms with Crippen LogP contribution in [0.5, 0.6) is 5.75 Å². The van der Waals surface area contributed by atoms with E-state index in [0.717, 1.165) is 35.9 Å². The molecule has 2 amide bonds. The highest BCUT2D eigenvalue weighted by atomic mass is 19.4. The van der Waals surface area contributed by atoms with Crippen molar-refractivity contribution >= 4 is 22.8 Å². The van der Waals surface area contributed by atoms with Gasteiger partial charge in [0.25, 0.3) is 11.8 Å². The van der Waals surface area contributed by atoms with Gasteiger partial charge >= 0.3 is 6.36 Å². The molecule has 0 aliphatic carbocycles. The zero-order chi connectivity index (χ0) is 24.5. The molecule has 0 spiro atoms. The highest BCUT2D eigenvalue weighted by Gasteiger charge is 2.31. The standard InChI is InChI=1S/C24H25F3N4O3/c1-14(2)30-22(32)17-11-19-20(13-29-21(19)28-12-17)15-7-9-31(10-8-15)23(33)16-3-5-18(6-4-16)34-24(25,26)27/h3-6,11-15H,7-10H2,1-2H3,(H,28,29)(H,30,32). The summed E-state index contributed by atoms with van der Waals surface area (Å²) in [5, 5.41) is 3.76. The number of aromatic nitrogens is 2. The van der Waals surface area contributed by atoms with Crippen molar-refractivity contribution in [2.24, 2.45) is 0 Å². The lowest BCUT2D eigenvalue weighted by molar-refractivity contribution is -0.274. The van der Waals surface area contributed by atoms with Gasteiger partial charge in [0.2, 0.25) is 0 Å². The summed E-state index contributed by atoms with van der Waals surface area (Å²) in [5.74, 6) is -0.586. The second-order valence-corrected chi connectivity index (χ2v) is 8.63. The number of nitrogens with one attached hydrogen (secondary N) is 2. The maximum Gasteiger partial charge on any atom is 0.573 e. The smallest absolute Gasteiger partial charge is 0.406 e. The number of benzene rings is 1. The number of amides is 2. The molecular weight excluding hydrogens is 449 g/mol. The van der Waals surface area contributed by atoms with E-state index < -0.39 is 6.36 Å². The van der Waals surface area contributed by atoms with Gasteiger partial charge in [0.15, 0.2) is 0 Å². The maximum absolute atomic E-state index is 12.8. The second-order valence-electron chi connectivity index (χ2n) is 8.63. The fourth-order valence-electron chi connectivity index (χ4n) is 4.21. The van der Waals surface area contributed by atoms with Crippen LogP contribution in [0.15, 0.2) is 42.7 Å². The van der Waals surface area contributed by atoms with Gasteiger partial charge in [-0.3, -0.25) is 9.59 Å². The number of pyridine rings is 1. The minimum Gasteiger partial charge on any atom is -0.406 e. The average molecular weight is 474 g/mol. The number of hydrogen-bond donors (Lipinski definition) is 2. The molecule has 1 aromatic carbocycles. The number of likely N-dealkylation sites (tertiary alicyclic amines) is 1. The monoisotopic (exact) mass is 474 g/mol. The lowest BCUT2D eigenvalue weighted by Gasteiger charge is -2.32. The predicted molar refractivity (Wildman–Crippen MR) is 120 cm³/mol. The summed E-state index contributed by atoms with van der Waals surface area (Å²) in [6, 6.07) is 6.81. The molecular formula is C24H25F3N4O3. The third-order valence-electron chi connectivity index (χ3n) is 5.80. The van der Waals surface area contributed by atoms with Crippen LogP contribution < -0.4 is 10.1 Å². The minimum atomic E-state index is -4.77. The van der Waals surface area contributed by atoms with Gasteiger partial charge in [-0.15, -0.1) is 13.2 Å². The number of piperidine rings is 1. The molecule has 34 heavy (non-hydrogen) atoms. The number of halogens is 3. The Morgan fingerprint density at radius 3 is 2.44 bits per heavy atom. The lowest BCUT2D eigenvalue weighted by Crippen LogP contribution is -2.37. The highest BCUT2D eigenvalue weighted by molar-refractivity contribution is 5.98. The van der Waals surface area contributed by atoms with Crippen molar-refractivity contribution in [1.82, 2.24) is 20.2 Å². The summed E-state index contributed by atoms with van der Waals surface area (Å²) in [5.41, 5.74) is 2.57. The summed E-state index contributed by atoms with van der Waals surface area (Å²) in [6.45, 7) is 4.81. The second kappa shape index (κ2) is 9.36. The molecule has 0 unspecified atom stereocenters. The van der Waals surface area contributed by atoms with Gasteiger partial charge in [-0.2, -0.15) is 0 Å². The molecule has 2 aromatic heterocycles. The van der Waals surface area contributed by atoms with Gasteiger partial charge in [0.1, 0.15) is 11.4 Å². The van der Waals surface area contributed by atoms with Crippen molar-refractivity contribution < 1.29 is 27.5 Å². The van der Waals surface area contributed by atoms with E-state index in [0.29, 0.717) is 29.9 Å². The van der Waals surface area contributed by atoms with Crippen LogP contribution >= 0.6 is 0 Å². The molecule has 1 saturated heterocycles. The van der Waals surface area contributed by atoms with E-state index >= 15 is 0 Å². The molecule has 3 heterocycles. The van der Waals surface area contributed by atoms with Crippen LogP contribution in [-0.4, -0.2) is 52.2 Å². The molecule has 10 heteroatoms. The number of hydrogen-bond acceptors (Lipinski definition) is 4. The fourth-order valence-corrected chi connectivity index (χ4v) is 4.21. The van der Waals surface area contributed by atoms with Crippen LogP contribution in [0.2, 0.25) is 0 Å². The van der Waals surface area contributed by atoms with E-state index in [4.69, 9.17) is 0 Å². The molecule has 1 aliphatic rings. The van der Waals surface area contributed by atoms with Crippen LogP contribution in [0.4, 0.5) is 13.2 Å². The van der Waals surface area contributed by atoms with Crippen molar-refractivity contribution in [2.75, 3.05) is 13.1 Å². The van der Waals surface area contributed by atoms with E-state index in [1.807, 2.05) is 26.1 Å². The van der Waals surface area contributed by atoms with Crippen LogP contribution in [-0.2, 0) is 0 Å². The topological polar surface area (TPSA) is 87.3 Å². The Labute approximate surface area is 194 Å². The molecule has 4 rings (SSSR count). The molecule has 1 aliphatic heterocycles. The molecule has 0 radical (unpaired) electrons. The maximum atomic E-state index is 12.8. The number of aromatic amines is 1. The number of ether oxygens (including phenoxy) is 1. The van der Waals surface area contributed by atoms with Crippen LogP contribution in [0, 0.1) is 0 Å². The van der Waals surface area contributed by atoms with Crippen LogP contribution in [0.25, 0.3) is 11.0 Å². The van der Waals surface area contributed by atoms with E-state index in [2.05, 4.69) is 20.0 Å². The van der Waals surface area contributed by atoms with Gasteiger partial charge in [0, 0.05) is 42.5 Å². The zero-order valence-electron chi connectivity index (χ0n) is 18.8. The average Bonchev–Trinajstić information content (AvgIpc) is 3.21. The lowest BCUT2D eigenvalue weighted by atomic mass is 9.89. The van der Waals surface area contributed by atoms with E-state index in [9.17, 15) is 22.8 Å². The quantitative estimate of drug-likeness (QED) is 0.565. The summed E-state index contributed by atoms with van der Waals surface area (Å²) in [7, 11) is 0. The summed E-state index contributed by atoms with van der Waals surface area (Å²) < 4.78 is 40.8. The molecule has 180 valence electrons. The largest absolute Gasteiger partial charge is 0.573 e. The molecule has 0 bridgehead atoms. The Hall–Kier alpha value is -3.56. The van der Waals surface area contributed by atoms with Gasteiger partial charge in [-0.05, 0) is 68.5 Å². The Kier molecular flexibility index (Phi) is 6.49. The minimum absolute atomic E-state index is 0.0177. The van der Waals surface area contributed by atoms with Crippen molar-refractivity contribution in [3.63, 3.8) is 0 Å². The van der Waals surface area contributed by atoms with Crippen molar-refractivity contribution in [3.8, 4) is 5.75 Å². The Balaban J connectivity index is 1.42. The molecule has 1 fully saturated rings. The fraction of sp³-hybridized carbons (Fsp3) is 0.375. The first-order valence-corrected chi connectivity index (χ1v) is 11.0. The van der Waals surface area contributed by atoms with Crippen molar-refractivity contribution in [2.45, 2.75) is 45.0 Å². The third-order valence-corrected chi connectivity index (χ3v) is 5.80. The number of fused-ring (bicyclic) bond motifs is 1. The highest BCUT2D eigenvalue weighted by Crippen LogP contribution is 2.33. The number of nitrogens with zero attached hydrogens (tertiary/aromatic N) is 2. The molecule has 3 aromatic rings. The van der Waals surface area contributed by atoms with E-state index in [1.165, 1.54) is 12.1 Å². The summed E-state index contributed by atoms with van der Waals surface area (Å²) >= 11 is 0. The van der Waals surface area contributed by atoms with Crippen LogP contribution in [0.3, 0.4) is 0 Å². The van der Waals surface area contributed by atoms with Gasteiger partial charge < -0.3 is 19.9 Å². The Morgan fingerprint density at radius 2 is 1.82 bits per heavy atom. The Bertz CT molecular complexity index is 1180. The van der Waals surface area contributed by atoms with Crippen LogP contribution in [0.1, 0.15) is 58.9 Å². The molecule has 0 atom stereocenters. The number of alkyl halides is 3.